The highest BCUT2D eigenvalue weighted by Crippen LogP contribution is 2.34. The molecule has 1 unspecified atom stereocenters. The molecule has 24 heavy (non-hydrogen) atoms. The smallest absolute Gasteiger partial charge is 0.376 e. The standard InChI is InChI=1S/C14H13ClF3N3O2S/c1-7(2)21(9-5-3-4-8(15)6-9)12(23)10(22)11-19-20-13(24-11)14(16,17)18/h3-7,10,22H,1-2H3. The van der Waals surface area contributed by atoms with E-state index in [4.69, 9.17) is 11.6 Å². The largest absolute Gasteiger partial charge is 0.445 e. The summed E-state index contributed by atoms with van der Waals surface area (Å²) in [7, 11) is 0. The van der Waals surface area contributed by atoms with Crippen LogP contribution >= 0.6 is 22.9 Å². The second-order valence-electron chi connectivity index (χ2n) is 5.13. The number of hydrogen-bond donors (Lipinski definition) is 1. The monoisotopic (exact) mass is 379 g/mol. The van der Waals surface area contributed by atoms with Gasteiger partial charge in [-0.15, -0.1) is 10.2 Å². The number of aliphatic hydroxyl groups excluding tert-OH is 1. The summed E-state index contributed by atoms with van der Waals surface area (Å²) < 4.78 is 37.7. The molecule has 0 aliphatic carbocycles. The molecular weight excluding hydrogens is 367 g/mol. The summed E-state index contributed by atoms with van der Waals surface area (Å²) in [4.78, 5) is 13.8. The molecule has 1 N–H and O–H groups in total. The molecule has 0 saturated heterocycles. The van der Waals surface area contributed by atoms with Gasteiger partial charge in [-0.2, -0.15) is 13.2 Å². The van der Waals surface area contributed by atoms with E-state index in [1.54, 1.807) is 32.0 Å². The van der Waals surface area contributed by atoms with Crippen LogP contribution in [0.3, 0.4) is 0 Å². The third kappa shape index (κ3) is 4.03. The van der Waals surface area contributed by atoms with Gasteiger partial charge in [0.05, 0.1) is 0 Å². The topological polar surface area (TPSA) is 66.3 Å². The van der Waals surface area contributed by atoms with Gasteiger partial charge in [0.2, 0.25) is 5.01 Å². The van der Waals surface area contributed by atoms with Crippen LogP contribution in [-0.2, 0) is 11.0 Å². The summed E-state index contributed by atoms with van der Waals surface area (Å²) in [5.74, 6) is -0.808. The van der Waals surface area contributed by atoms with Crippen LogP contribution in [0.1, 0.15) is 30.0 Å². The Morgan fingerprint density at radius 1 is 1.33 bits per heavy atom. The summed E-state index contributed by atoms with van der Waals surface area (Å²) in [5, 5.41) is 15.1. The number of hydrogen-bond acceptors (Lipinski definition) is 5. The summed E-state index contributed by atoms with van der Waals surface area (Å²) in [5.41, 5.74) is 0.419. The van der Waals surface area contributed by atoms with Crippen molar-refractivity contribution in [1.82, 2.24) is 10.2 Å². The number of carbonyl (C=O) groups excluding carboxylic acids is 1. The molecule has 0 spiro atoms. The number of amides is 1. The van der Waals surface area contributed by atoms with E-state index >= 15 is 0 Å². The summed E-state index contributed by atoms with van der Waals surface area (Å²) >= 11 is 6.04. The third-order valence-electron chi connectivity index (χ3n) is 2.99. The Balaban J connectivity index is 2.31. The predicted molar refractivity (Wildman–Crippen MR) is 83.9 cm³/mol. The van der Waals surface area contributed by atoms with Crippen molar-refractivity contribution in [3.05, 3.63) is 39.3 Å². The highest BCUT2D eigenvalue weighted by Gasteiger charge is 2.38. The van der Waals surface area contributed by atoms with Crippen molar-refractivity contribution < 1.29 is 23.1 Å². The molecule has 0 radical (unpaired) electrons. The van der Waals surface area contributed by atoms with Crippen LogP contribution in [0, 0.1) is 0 Å². The van der Waals surface area contributed by atoms with Gasteiger partial charge < -0.3 is 10.0 Å². The lowest BCUT2D eigenvalue weighted by molar-refractivity contribution is -0.138. The Morgan fingerprint density at radius 2 is 2.00 bits per heavy atom. The van der Waals surface area contributed by atoms with Gasteiger partial charge >= 0.3 is 6.18 Å². The molecule has 0 fully saturated rings. The molecule has 10 heteroatoms. The number of carbonyl (C=O) groups is 1. The number of aromatic nitrogens is 2. The number of anilines is 1. The molecular formula is C14H13ClF3N3O2S. The van der Waals surface area contributed by atoms with Crippen molar-refractivity contribution >= 4 is 34.5 Å². The zero-order valence-electron chi connectivity index (χ0n) is 12.6. The van der Waals surface area contributed by atoms with Crippen molar-refractivity contribution in [1.29, 1.82) is 0 Å². The lowest BCUT2D eigenvalue weighted by atomic mass is 10.2. The van der Waals surface area contributed by atoms with Crippen molar-refractivity contribution in [3.63, 3.8) is 0 Å². The fourth-order valence-corrected chi connectivity index (χ4v) is 2.88. The average molecular weight is 380 g/mol. The minimum atomic E-state index is -4.68. The highest BCUT2D eigenvalue weighted by molar-refractivity contribution is 7.11. The minimum Gasteiger partial charge on any atom is -0.376 e. The Kier molecular flexibility index (Phi) is 5.46. The molecule has 0 aliphatic rings. The van der Waals surface area contributed by atoms with Crippen LogP contribution in [0.4, 0.5) is 18.9 Å². The van der Waals surface area contributed by atoms with Gasteiger partial charge in [-0.1, -0.05) is 29.0 Å². The van der Waals surface area contributed by atoms with Crippen LogP contribution in [-0.4, -0.2) is 27.3 Å². The number of rotatable bonds is 4. The maximum atomic E-state index is 12.6. The van der Waals surface area contributed by atoms with Crippen LogP contribution in [0.2, 0.25) is 5.02 Å². The van der Waals surface area contributed by atoms with Gasteiger partial charge in [-0.25, -0.2) is 0 Å². The SMILES string of the molecule is CC(C)N(C(=O)C(O)c1nnc(C(F)(F)F)s1)c1cccc(Cl)c1. The van der Waals surface area contributed by atoms with Crippen molar-refractivity contribution in [3.8, 4) is 0 Å². The second-order valence-corrected chi connectivity index (χ2v) is 6.57. The Hall–Kier alpha value is -1.71. The Bertz CT molecular complexity index is 736. The molecule has 1 aromatic heterocycles. The predicted octanol–water partition coefficient (Wildman–Crippen LogP) is 3.69. The minimum absolute atomic E-state index is 0.133. The highest BCUT2D eigenvalue weighted by atomic mass is 35.5. The van der Waals surface area contributed by atoms with Gasteiger partial charge in [0.1, 0.15) is 0 Å². The number of halogens is 4. The van der Waals surface area contributed by atoms with E-state index < -0.39 is 28.2 Å². The fourth-order valence-electron chi connectivity index (χ4n) is 2.00. The zero-order valence-corrected chi connectivity index (χ0v) is 14.2. The second kappa shape index (κ2) is 7.04. The maximum Gasteiger partial charge on any atom is 0.445 e. The molecule has 1 aromatic carbocycles. The summed E-state index contributed by atoms with van der Waals surface area (Å²) in [6, 6.07) is 6.01. The lowest BCUT2D eigenvalue weighted by Gasteiger charge is -2.28. The Morgan fingerprint density at radius 3 is 2.50 bits per heavy atom. The van der Waals surface area contributed by atoms with E-state index in [1.807, 2.05) is 0 Å². The number of aliphatic hydroxyl groups is 1. The number of nitrogens with zero attached hydrogens (tertiary/aromatic N) is 3. The van der Waals surface area contributed by atoms with Gasteiger partial charge in [-0.05, 0) is 32.0 Å². The van der Waals surface area contributed by atoms with Crippen LogP contribution in [0.15, 0.2) is 24.3 Å². The molecule has 1 heterocycles. The molecule has 0 saturated carbocycles. The van der Waals surface area contributed by atoms with E-state index in [-0.39, 0.29) is 17.4 Å². The first-order valence-corrected chi connectivity index (χ1v) is 7.98. The zero-order chi connectivity index (χ0) is 18.1. The van der Waals surface area contributed by atoms with Crippen molar-refractivity contribution in [2.45, 2.75) is 32.2 Å². The molecule has 2 aromatic rings. The van der Waals surface area contributed by atoms with E-state index in [9.17, 15) is 23.1 Å². The third-order valence-corrected chi connectivity index (χ3v) is 4.25. The first kappa shape index (κ1) is 18.6. The van der Waals surface area contributed by atoms with Crippen molar-refractivity contribution in [2.24, 2.45) is 0 Å². The normalized spacial score (nSPS) is 13.2. The van der Waals surface area contributed by atoms with Crippen molar-refractivity contribution in [2.75, 3.05) is 4.90 Å². The molecule has 0 aliphatic heterocycles. The average Bonchev–Trinajstić information content (AvgIpc) is 2.96. The lowest BCUT2D eigenvalue weighted by Crippen LogP contribution is -2.40. The van der Waals surface area contributed by atoms with E-state index in [0.29, 0.717) is 10.7 Å². The Labute approximate surface area is 144 Å². The first-order chi connectivity index (χ1) is 11.1. The van der Waals surface area contributed by atoms with Gasteiger partial charge in [0.25, 0.3) is 5.91 Å². The van der Waals surface area contributed by atoms with Crippen LogP contribution in [0.5, 0.6) is 0 Å². The fraction of sp³-hybridized carbons (Fsp3) is 0.357. The quantitative estimate of drug-likeness (QED) is 0.879. The molecule has 1 amide bonds. The number of benzene rings is 1. The maximum absolute atomic E-state index is 12.6. The van der Waals surface area contributed by atoms with E-state index in [1.165, 1.54) is 11.0 Å². The summed E-state index contributed by atoms with van der Waals surface area (Å²) in [6.07, 6.45) is -6.52. The molecule has 130 valence electrons. The first-order valence-electron chi connectivity index (χ1n) is 6.78. The van der Waals surface area contributed by atoms with Gasteiger partial charge in [0, 0.05) is 16.8 Å². The van der Waals surface area contributed by atoms with Gasteiger partial charge in [0.15, 0.2) is 11.1 Å². The molecule has 0 bridgehead atoms. The van der Waals surface area contributed by atoms with E-state index in [0.717, 1.165) is 0 Å². The van der Waals surface area contributed by atoms with E-state index in [2.05, 4.69) is 10.2 Å². The molecule has 2 rings (SSSR count). The van der Waals surface area contributed by atoms with Gasteiger partial charge in [-0.3, -0.25) is 4.79 Å². The van der Waals surface area contributed by atoms with Crippen LogP contribution < -0.4 is 4.90 Å². The molecule has 5 nitrogen and oxygen atoms in total. The summed E-state index contributed by atoms with van der Waals surface area (Å²) in [6.45, 7) is 3.40. The van der Waals surface area contributed by atoms with Crippen LogP contribution in [0.25, 0.3) is 0 Å². The molecule has 1 atom stereocenters. The number of alkyl halides is 3.